The van der Waals surface area contributed by atoms with E-state index in [1.165, 1.54) is 6.20 Å². The van der Waals surface area contributed by atoms with Gasteiger partial charge in [0.05, 0.1) is 17.8 Å². The van der Waals surface area contributed by atoms with Crippen LogP contribution in [0.5, 0.6) is 11.5 Å². The van der Waals surface area contributed by atoms with Crippen molar-refractivity contribution >= 4 is 17.5 Å². The summed E-state index contributed by atoms with van der Waals surface area (Å²) in [5, 5.41) is 12.8. The number of nitrogens with one attached hydrogen (secondary N) is 1. The zero-order chi connectivity index (χ0) is 31.8. The molecule has 1 fully saturated rings. The van der Waals surface area contributed by atoms with Crippen LogP contribution in [0, 0.1) is 17.1 Å². The molecule has 2 aliphatic heterocycles. The first-order chi connectivity index (χ1) is 21.5. The summed E-state index contributed by atoms with van der Waals surface area (Å²) >= 11 is 0. The van der Waals surface area contributed by atoms with E-state index in [-0.39, 0.29) is 22.9 Å². The van der Waals surface area contributed by atoms with Crippen molar-refractivity contribution in [2.24, 2.45) is 0 Å². The van der Waals surface area contributed by atoms with Crippen molar-refractivity contribution < 1.29 is 13.9 Å². The van der Waals surface area contributed by atoms with Gasteiger partial charge in [0.1, 0.15) is 13.2 Å². The fourth-order valence-corrected chi connectivity index (χ4v) is 6.60. The summed E-state index contributed by atoms with van der Waals surface area (Å²) in [6, 6.07) is 23.6. The number of nitriles is 1. The van der Waals surface area contributed by atoms with Gasteiger partial charge in [0, 0.05) is 35.4 Å². The van der Waals surface area contributed by atoms with E-state index in [9.17, 15) is 5.26 Å². The molecule has 4 aromatic rings. The van der Waals surface area contributed by atoms with Crippen LogP contribution < -0.4 is 19.7 Å². The molecule has 2 aliphatic rings. The molecule has 0 saturated carbocycles. The second kappa shape index (κ2) is 12.0. The molecule has 8 nitrogen and oxygen atoms in total. The number of likely N-dealkylation sites (tertiary alicyclic amines) is 1. The number of hydrogen-bond donors (Lipinski definition) is 1. The average Bonchev–Trinajstić information content (AvgIpc) is 3.03. The van der Waals surface area contributed by atoms with Gasteiger partial charge >= 0.3 is 0 Å². The van der Waals surface area contributed by atoms with Crippen molar-refractivity contribution in [1.82, 2.24) is 14.9 Å². The Balaban J connectivity index is 1.34. The molecule has 6 rings (SSSR count). The Morgan fingerprint density at radius 2 is 1.67 bits per heavy atom. The Labute approximate surface area is 264 Å². The lowest BCUT2D eigenvalue weighted by Gasteiger charge is -2.55. The Kier molecular flexibility index (Phi) is 8.10. The third-order valence-electron chi connectivity index (χ3n) is 9.19. The van der Waals surface area contributed by atoms with E-state index in [2.05, 4.69) is 73.0 Å². The summed E-state index contributed by atoms with van der Waals surface area (Å²) in [6.45, 7) is 10.4. The number of anilines is 3. The first-order valence-corrected chi connectivity index (χ1v) is 15.3. The number of hydrogen-bond acceptors (Lipinski definition) is 8. The molecule has 3 aromatic carbocycles. The molecule has 0 spiro atoms. The zero-order valence-electron chi connectivity index (χ0n) is 26.5. The third kappa shape index (κ3) is 6.29. The molecule has 1 N–H and O–H groups in total. The molecule has 0 amide bonds. The van der Waals surface area contributed by atoms with Gasteiger partial charge < -0.3 is 19.7 Å². The lowest BCUT2D eigenvalue weighted by atomic mass is 9.77. The van der Waals surface area contributed by atoms with Crippen molar-refractivity contribution in [1.29, 1.82) is 5.26 Å². The molecule has 0 radical (unpaired) electrons. The molecule has 1 saturated heterocycles. The van der Waals surface area contributed by atoms with Crippen LogP contribution in [-0.4, -0.2) is 52.2 Å². The summed E-state index contributed by atoms with van der Waals surface area (Å²) in [5.74, 6) is 1.41. The monoisotopic (exact) mass is 606 g/mol. The fourth-order valence-electron chi connectivity index (χ4n) is 6.60. The quantitative estimate of drug-likeness (QED) is 0.234. The maximum atomic E-state index is 15.8. The van der Waals surface area contributed by atoms with Crippen LogP contribution in [0.4, 0.5) is 21.8 Å². The number of aromatic nitrogens is 2. The van der Waals surface area contributed by atoms with Gasteiger partial charge in [-0.25, -0.2) is 9.37 Å². The van der Waals surface area contributed by atoms with Crippen LogP contribution in [0.15, 0.2) is 72.9 Å². The Morgan fingerprint density at radius 3 is 2.38 bits per heavy atom. The van der Waals surface area contributed by atoms with E-state index in [0.717, 1.165) is 35.2 Å². The highest BCUT2D eigenvalue weighted by Crippen LogP contribution is 2.41. The molecule has 3 heterocycles. The fraction of sp³-hybridized carbons (Fsp3) is 0.361. The molecular weight excluding hydrogens is 567 g/mol. The SMILES string of the molecule is CN1C(C)(C)CC(N(Cc2ccc(-c3ccccc3C#N)cc2)c2nc(Nc3ccc4c(c3)OCCO4)ncc2F)CC1(C)C. The largest absolute Gasteiger partial charge is 0.486 e. The van der Waals surface area contributed by atoms with Crippen LogP contribution >= 0.6 is 0 Å². The number of benzene rings is 3. The zero-order valence-corrected chi connectivity index (χ0v) is 26.5. The van der Waals surface area contributed by atoms with E-state index in [1.807, 2.05) is 54.6 Å². The highest BCUT2D eigenvalue weighted by Gasteiger charge is 2.45. The van der Waals surface area contributed by atoms with Crippen LogP contribution in [0.25, 0.3) is 11.1 Å². The maximum Gasteiger partial charge on any atom is 0.229 e. The number of rotatable bonds is 7. The van der Waals surface area contributed by atoms with Crippen molar-refractivity contribution in [3.63, 3.8) is 0 Å². The standard InChI is InChI=1S/C36H39FN6O2/c1-35(2)19-28(20-36(3,4)42(35)5)43(23-24-10-12-25(13-11-24)29-9-7-6-8-26(29)21-38)33-30(37)22-39-34(41-33)40-27-14-15-31-32(18-27)45-17-16-44-31/h6-15,18,22,28H,16-17,19-20,23H2,1-5H3,(H,39,40,41). The van der Waals surface area contributed by atoms with E-state index in [1.54, 1.807) is 0 Å². The molecule has 9 heteroatoms. The molecule has 0 bridgehead atoms. The smallest absolute Gasteiger partial charge is 0.229 e. The summed E-state index contributed by atoms with van der Waals surface area (Å²) in [5.41, 5.74) is 3.97. The number of nitrogens with zero attached hydrogens (tertiary/aromatic N) is 5. The van der Waals surface area contributed by atoms with Crippen molar-refractivity contribution in [2.45, 2.75) is 64.2 Å². The summed E-state index contributed by atoms with van der Waals surface area (Å²) < 4.78 is 27.2. The van der Waals surface area contributed by atoms with Crippen molar-refractivity contribution in [3.05, 3.63) is 89.9 Å². The molecule has 0 atom stereocenters. The second-order valence-electron chi connectivity index (χ2n) is 13.1. The maximum absolute atomic E-state index is 15.8. The van der Waals surface area contributed by atoms with Gasteiger partial charge in [-0.1, -0.05) is 42.5 Å². The number of halogens is 1. The van der Waals surface area contributed by atoms with Gasteiger partial charge in [-0.15, -0.1) is 0 Å². The third-order valence-corrected chi connectivity index (χ3v) is 9.19. The Morgan fingerprint density at radius 1 is 0.978 bits per heavy atom. The Bertz CT molecular complexity index is 1710. The first kappa shape index (κ1) is 30.4. The highest BCUT2D eigenvalue weighted by atomic mass is 19.1. The van der Waals surface area contributed by atoms with Gasteiger partial charge in [-0.05, 0) is 82.5 Å². The van der Waals surface area contributed by atoms with Crippen molar-refractivity contribution in [2.75, 3.05) is 30.5 Å². The van der Waals surface area contributed by atoms with E-state index in [4.69, 9.17) is 14.5 Å². The van der Waals surface area contributed by atoms with Crippen LogP contribution in [-0.2, 0) is 6.54 Å². The van der Waals surface area contributed by atoms with Gasteiger partial charge in [-0.3, -0.25) is 4.90 Å². The minimum atomic E-state index is -0.475. The normalized spacial score (nSPS) is 17.4. The summed E-state index contributed by atoms with van der Waals surface area (Å²) in [7, 11) is 2.17. The van der Waals surface area contributed by atoms with Gasteiger partial charge in [-0.2, -0.15) is 10.2 Å². The Hall–Kier alpha value is -4.68. The van der Waals surface area contributed by atoms with E-state index in [0.29, 0.717) is 42.8 Å². The predicted octanol–water partition coefficient (Wildman–Crippen LogP) is 7.33. The number of ether oxygens (including phenoxy) is 2. The minimum Gasteiger partial charge on any atom is -0.486 e. The predicted molar refractivity (Wildman–Crippen MR) is 174 cm³/mol. The van der Waals surface area contributed by atoms with Crippen LogP contribution in [0.2, 0.25) is 0 Å². The second-order valence-corrected chi connectivity index (χ2v) is 13.1. The topological polar surface area (TPSA) is 86.5 Å². The molecular formula is C36H39FN6O2. The average molecular weight is 607 g/mol. The molecule has 0 aliphatic carbocycles. The van der Waals surface area contributed by atoms with E-state index >= 15 is 4.39 Å². The van der Waals surface area contributed by atoms with Crippen molar-refractivity contribution in [3.8, 4) is 28.7 Å². The lowest BCUT2D eigenvalue weighted by molar-refractivity contribution is -0.0132. The van der Waals surface area contributed by atoms with Gasteiger partial charge in [0.15, 0.2) is 23.1 Å². The first-order valence-electron chi connectivity index (χ1n) is 15.3. The number of fused-ring (bicyclic) bond motifs is 1. The molecule has 0 unspecified atom stereocenters. The molecule has 232 valence electrons. The lowest BCUT2D eigenvalue weighted by Crippen LogP contribution is -2.62. The van der Waals surface area contributed by atoms with Crippen LogP contribution in [0.1, 0.15) is 51.7 Å². The highest BCUT2D eigenvalue weighted by molar-refractivity contribution is 5.70. The number of piperidine rings is 1. The minimum absolute atomic E-state index is 0.0109. The van der Waals surface area contributed by atoms with Crippen LogP contribution in [0.3, 0.4) is 0 Å². The molecule has 1 aromatic heterocycles. The van der Waals surface area contributed by atoms with Gasteiger partial charge in [0.2, 0.25) is 5.95 Å². The molecule has 45 heavy (non-hydrogen) atoms. The summed E-state index contributed by atoms with van der Waals surface area (Å²) in [6.07, 6.45) is 2.90. The summed E-state index contributed by atoms with van der Waals surface area (Å²) in [4.78, 5) is 13.6. The van der Waals surface area contributed by atoms with Gasteiger partial charge in [0.25, 0.3) is 0 Å². The van der Waals surface area contributed by atoms with E-state index < -0.39 is 5.82 Å².